The lowest BCUT2D eigenvalue weighted by molar-refractivity contribution is 0.103. The molecule has 0 fully saturated rings. The number of halogens is 1. The molecular formula is C11H9BrN2O2S. The Morgan fingerprint density at radius 3 is 2.82 bits per heavy atom. The van der Waals surface area contributed by atoms with Crippen LogP contribution in [0.1, 0.15) is 16.1 Å². The molecule has 0 radical (unpaired) electrons. The summed E-state index contributed by atoms with van der Waals surface area (Å²) in [5, 5.41) is 2.04. The normalized spacial score (nSPS) is 10.2. The molecule has 0 bridgehead atoms. The number of anilines is 1. The first-order valence-corrected chi connectivity index (χ1v) is 6.38. The molecule has 6 heteroatoms. The Bertz CT molecular complexity index is 568. The molecule has 0 aliphatic rings. The highest BCUT2D eigenvalue weighted by atomic mass is 79.9. The molecule has 0 amide bonds. The van der Waals surface area contributed by atoms with Crippen molar-refractivity contribution in [3.8, 4) is 5.75 Å². The standard InChI is InChI=1S/C11H9BrN2O2S/c1-16-9-3-2-6(4-7(9)12)10(15)8-5-17-11(13)14-8/h2-5H,1H3,(H2,13,14). The summed E-state index contributed by atoms with van der Waals surface area (Å²) >= 11 is 4.58. The van der Waals surface area contributed by atoms with Gasteiger partial charge in [0, 0.05) is 10.9 Å². The molecule has 0 spiro atoms. The summed E-state index contributed by atoms with van der Waals surface area (Å²) in [5.41, 5.74) is 6.41. The number of nitrogen functional groups attached to an aromatic ring is 1. The fourth-order valence-corrected chi connectivity index (χ4v) is 2.43. The van der Waals surface area contributed by atoms with Gasteiger partial charge >= 0.3 is 0 Å². The second kappa shape index (κ2) is 4.85. The van der Waals surface area contributed by atoms with E-state index < -0.39 is 0 Å². The molecule has 0 saturated heterocycles. The van der Waals surface area contributed by atoms with E-state index in [2.05, 4.69) is 20.9 Å². The topological polar surface area (TPSA) is 65.2 Å². The predicted molar refractivity (Wildman–Crippen MR) is 70.7 cm³/mol. The summed E-state index contributed by atoms with van der Waals surface area (Å²) in [6.07, 6.45) is 0. The van der Waals surface area contributed by atoms with Crippen molar-refractivity contribution in [2.24, 2.45) is 0 Å². The number of carbonyl (C=O) groups excluding carboxylic acids is 1. The molecule has 0 atom stereocenters. The van der Waals surface area contributed by atoms with E-state index in [1.54, 1.807) is 30.7 Å². The molecule has 0 aliphatic heterocycles. The SMILES string of the molecule is COc1ccc(C(=O)c2csc(N)n2)cc1Br. The number of ether oxygens (including phenoxy) is 1. The number of rotatable bonds is 3. The van der Waals surface area contributed by atoms with E-state index in [4.69, 9.17) is 10.5 Å². The molecule has 2 rings (SSSR count). The van der Waals surface area contributed by atoms with Gasteiger partial charge in [-0.15, -0.1) is 11.3 Å². The van der Waals surface area contributed by atoms with Gasteiger partial charge in [-0.1, -0.05) is 0 Å². The largest absolute Gasteiger partial charge is 0.496 e. The van der Waals surface area contributed by atoms with E-state index in [-0.39, 0.29) is 5.78 Å². The zero-order valence-corrected chi connectivity index (χ0v) is 11.3. The highest BCUT2D eigenvalue weighted by Gasteiger charge is 2.14. The smallest absolute Gasteiger partial charge is 0.212 e. The van der Waals surface area contributed by atoms with Gasteiger partial charge < -0.3 is 10.5 Å². The molecule has 17 heavy (non-hydrogen) atoms. The zero-order chi connectivity index (χ0) is 12.4. The van der Waals surface area contributed by atoms with Gasteiger partial charge in [-0.25, -0.2) is 4.98 Å². The molecule has 0 saturated carbocycles. The Labute approximate surface area is 111 Å². The monoisotopic (exact) mass is 312 g/mol. The molecule has 1 aromatic carbocycles. The third-order valence-electron chi connectivity index (χ3n) is 2.17. The lowest BCUT2D eigenvalue weighted by Gasteiger charge is -2.04. The Morgan fingerprint density at radius 1 is 1.53 bits per heavy atom. The third kappa shape index (κ3) is 2.48. The summed E-state index contributed by atoms with van der Waals surface area (Å²) in [7, 11) is 1.57. The lowest BCUT2D eigenvalue weighted by atomic mass is 10.1. The van der Waals surface area contributed by atoms with Crippen LogP contribution in [0.4, 0.5) is 5.13 Å². The van der Waals surface area contributed by atoms with Gasteiger partial charge in [-0.2, -0.15) is 0 Å². The van der Waals surface area contributed by atoms with Gasteiger partial charge in [-0.3, -0.25) is 4.79 Å². The predicted octanol–water partition coefficient (Wildman–Crippen LogP) is 2.73. The van der Waals surface area contributed by atoms with Crippen LogP contribution in [0.15, 0.2) is 28.1 Å². The number of nitrogens with two attached hydrogens (primary N) is 1. The van der Waals surface area contributed by atoms with Crippen molar-refractivity contribution in [2.45, 2.75) is 0 Å². The third-order valence-corrected chi connectivity index (χ3v) is 3.46. The Morgan fingerprint density at radius 2 is 2.29 bits per heavy atom. The second-order valence-corrected chi connectivity index (χ2v) is 4.99. The summed E-state index contributed by atoms with van der Waals surface area (Å²) in [6.45, 7) is 0. The average Bonchev–Trinajstić information content (AvgIpc) is 2.75. The summed E-state index contributed by atoms with van der Waals surface area (Å²) in [5.74, 6) is 0.528. The van der Waals surface area contributed by atoms with Gasteiger partial charge in [-0.05, 0) is 34.1 Å². The number of hydrogen-bond acceptors (Lipinski definition) is 5. The first kappa shape index (κ1) is 12.1. The number of nitrogens with zero attached hydrogens (tertiary/aromatic N) is 1. The number of methoxy groups -OCH3 is 1. The van der Waals surface area contributed by atoms with Gasteiger partial charge in [0.1, 0.15) is 11.4 Å². The highest BCUT2D eigenvalue weighted by Crippen LogP contribution is 2.26. The first-order valence-electron chi connectivity index (χ1n) is 4.71. The zero-order valence-electron chi connectivity index (χ0n) is 8.94. The van der Waals surface area contributed by atoms with Crippen LogP contribution in [0.5, 0.6) is 5.75 Å². The van der Waals surface area contributed by atoms with E-state index in [1.165, 1.54) is 11.3 Å². The summed E-state index contributed by atoms with van der Waals surface area (Å²) in [6, 6.07) is 5.13. The van der Waals surface area contributed by atoms with Crippen LogP contribution < -0.4 is 10.5 Å². The highest BCUT2D eigenvalue weighted by molar-refractivity contribution is 9.10. The fourth-order valence-electron chi connectivity index (χ4n) is 1.35. The number of ketones is 1. The minimum atomic E-state index is -0.152. The van der Waals surface area contributed by atoms with Crippen LogP contribution in [0, 0.1) is 0 Å². The quantitative estimate of drug-likeness (QED) is 0.885. The Kier molecular flexibility index (Phi) is 3.44. The molecular weight excluding hydrogens is 304 g/mol. The number of hydrogen-bond donors (Lipinski definition) is 1. The average molecular weight is 313 g/mol. The number of carbonyl (C=O) groups is 1. The van der Waals surface area contributed by atoms with Crippen LogP contribution in [-0.2, 0) is 0 Å². The minimum Gasteiger partial charge on any atom is -0.496 e. The molecule has 2 aromatic rings. The number of benzene rings is 1. The molecule has 2 N–H and O–H groups in total. The number of thiazole rings is 1. The lowest BCUT2D eigenvalue weighted by Crippen LogP contribution is -2.02. The van der Waals surface area contributed by atoms with E-state index in [9.17, 15) is 4.79 Å². The van der Waals surface area contributed by atoms with Crippen molar-refractivity contribution in [3.63, 3.8) is 0 Å². The molecule has 1 aromatic heterocycles. The van der Waals surface area contributed by atoms with E-state index in [1.807, 2.05) is 0 Å². The van der Waals surface area contributed by atoms with E-state index in [0.717, 1.165) is 4.47 Å². The Balaban J connectivity index is 2.35. The van der Waals surface area contributed by atoms with Gasteiger partial charge in [0.15, 0.2) is 5.13 Å². The van der Waals surface area contributed by atoms with E-state index >= 15 is 0 Å². The van der Waals surface area contributed by atoms with Crippen molar-refractivity contribution in [2.75, 3.05) is 12.8 Å². The maximum Gasteiger partial charge on any atom is 0.212 e. The summed E-state index contributed by atoms with van der Waals surface area (Å²) < 4.78 is 5.83. The molecule has 4 nitrogen and oxygen atoms in total. The van der Waals surface area contributed by atoms with Crippen molar-refractivity contribution < 1.29 is 9.53 Å². The van der Waals surface area contributed by atoms with Crippen molar-refractivity contribution in [1.29, 1.82) is 0 Å². The first-order chi connectivity index (χ1) is 8.11. The Hall–Kier alpha value is -1.40. The summed E-state index contributed by atoms with van der Waals surface area (Å²) in [4.78, 5) is 16.0. The van der Waals surface area contributed by atoms with Crippen molar-refractivity contribution in [3.05, 3.63) is 39.3 Å². The van der Waals surface area contributed by atoms with Crippen LogP contribution in [-0.4, -0.2) is 17.9 Å². The minimum absolute atomic E-state index is 0.152. The second-order valence-electron chi connectivity index (χ2n) is 3.25. The van der Waals surface area contributed by atoms with Crippen LogP contribution in [0.25, 0.3) is 0 Å². The molecule has 0 aliphatic carbocycles. The van der Waals surface area contributed by atoms with Gasteiger partial charge in [0.25, 0.3) is 0 Å². The van der Waals surface area contributed by atoms with Crippen molar-refractivity contribution >= 4 is 38.2 Å². The van der Waals surface area contributed by atoms with Crippen LogP contribution in [0.2, 0.25) is 0 Å². The van der Waals surface area contributed by atoms with Crippen LogP contribution >= 0.6 is 27.3 Å². The van der Waals surface area contributed by atoms with Gasteiger partial charge in [0.2, 0.25) is 5.78 Å². The van der Waals surface area contributed by atoms with Gasteiger partial charge in [0.05, 0.1) is 11.6 Å². The van der Waals surface area contributed by atoms with Crippen LogP contribution in [0.3, 0.4) is 0 Å². The maximum absolute atomic E-state index is 12.0. The van der Waals surface area contributed by atoms with Crippen molar-refractivity contribution in [1.82, 2.24) is 4.98 Å². The van der Waals surface area contributed by atoms with E-state index in [0.29, 0.717) is 22.1 Å². The fraction of sp³-hybridized carbons (Fsp3) is 0.0909. The maximum atomic E-state index is 12.0. The molecule has 1 heterocycles. The number of aromatic nitrogens is 1. The molecule has 88 valence electrons. The molecule has 0 unspecified atom stereocenters.